The second kappa shape index (κ2) is 11.0. The van der Waals surface area contributed by atoms with Gasteiger partial charge in [-0.15, -0.1) is 0 Å². The lowest BCUT2D eigenvalue weighted by Gasteiger charge is -2.10. The smallest absolute Gasteiger partial charge is 0.333 e. The summed E-state index contributed by atoms with van der Waals surface area (Å²) in [6, 6.07) is 11.4. The first-order valence-electron chi connectivity index (χ1n) is 8.53. The summed E-state index contributed by atoms with van der Waals surface area (Å²) in [6.07, 6.45) is 1.31. The number of hydrogen-bond donors (Lipinski definition) is 0. The molecule has 0 aliphatic carbocycles. The Morgan fingerprint density at radius 2 is 1.73 bits per heavy atom. The van der Waals surface area contributed by atoms with E-state index >= 15 is 0 Å². The number of carbonyl (C=O) groups excluding carboxylic acids is 1. The summed E-state index contributed by atoms with van der Waals surface area (Å²) in [4.78, 5) is 11.6. The molecule has 0 heterocycles. The molecule has 0 aromatic heterocycles. The summed E-state index contributed by atoms with van der Waals surface area (Å²) in [5.74, 6) is -2.67. The molecule has 3 nitrogen and oxygen atoms in total. The van der Waals surface area contributed by atoms with Crippen LogP contribution in [0.5, 0.6) is 5.75 Å². The van der Waals surface area contributed by atoms with Gasteiger partial charge in [-0.2, -0.15) is 0 Å². The molecule has 0 unspecified atom stereocenters. The van der Waals surface area contributed by atoms with Gasteiger partial charge in [0.05, 0.1) is 6.61 Å². The molecular formula is C21H24F2O3. The van der Waals surface area contributed by atoms with Crippen molar-refractivity contribution in [2.24, 2.45) is 0 Å². The Balaban J connectivity index is 0.00000163. The summed E-state index contributed by atoms with van der Waals surface area (Å²) in [6.45, 7) is 7.45. The molecule has 140 valence electrons. The predicted molar refractivity (Wildman–Crippen MR) is 98.8 cm³/mol. The molecular weight excluding hydrogens is 338 g/mol. The van der Waals surface area contributed by atoms with Crippen LogP contribution in [0.2, 0.25) is 0 Å². The van der Waals surface area contributed by atoms with Gasteiger partial charge in [0.2, 0.25) is 0 Å². The number of carbonyl (C=O) groups is 1. The lowest BCUT2D eigenvalue weighted by molar-refractivity contribution is -0.138. The fraction of sp³-hybridized carbons (Fsp3) is 0.286. The van der Waals surface area contributed by atoms with Gasteiger partial charge in [-0.05, 0) is 37.6 Å². The predicted octanol–water partition coefficient (Wildman–Crippen LogP) is 5.54. The van der Waals surface area contributed by atoms with E-state index in [4.69, 9.17) is 9.47 Å². The molecule has 2 rings (SSSR count). The van der Waals surface area contributed by atoms with Gasteiger partial charge >= 0.3 is 5.97 Å². The van der Waals surface area contributed by atoms with Crippen LogP contribution in [-0.2, 0) is 16.1 Å². The molecule has 0 saturated carbocycles. The summed E-state index contributed by atoms with van der Waals surface area (Å²) < 4.78 is 38.5. The van der Waals surface area contributed by atoms with E-state index in [-0.39, 0.29) is 24.4 Å². The maximum Gasteiger partial charge on any atom is 0.333 e. The summed E-state index contributed by atoms with van der Waals surface area (Å²) in [5.41, 5.74) is 1.07. The molecule has 0 spiro atoms. The second-order valence-electron chi connectivity index (χ2n) is 5.10. The fourth-order valence-corrected chi connectivity index (χ4v) is 2.06. The molecule has 2 aromatic rings. The zero-order valence-electron chi connectivity index (χ0n) is 15.5. The molecule has 2 aromatic carbocycles. The van der Waals surface area contributed by atoms with E-state index in [1.165, 1.54) is 19.1 Å². The zero-order valence-corrected chi connectivity index (χ0v) is 15.5. The van der Waals surface area contributed by atoms with Crippen LogP contribution >= 0.6 is 0 Å². The van der Waals surface area contributed by atoms with E-state index in [0.717, 1.165) is 11.6 Å². The van der Waals surface area contributed by atoms with Crippen molar-refractivity contribution in [3.63, 3.8) is 0 Å². The topological polar surface area (TPSA) is 35.5 Å². The van der Waals surface area contributed by atoms with Crippen LogP contribution in [0.15, 0.2) is 48.0 Å². The minimum Gasteiger partial charge on any atom is -0.483 e. The first-order chi connectivity index (χ1) is 12.5. The number of esters is 1. The number of hydrogen-bond acceptors (Lipinski definition) is 3. The molecule has 0 fully saturated rings. The van der Waals surface area contributed by atoms with Crippen molar-refractivity contribution in [2.75, 3.05) is 6.61 Å². The maximum atomic E-state index is 14.5. The number of halogens is 2. The molecule has 0 bridgehead atoms. The van der Waals surface area contributed by atoms with Gasteiger partial charge in [0, 0.05) is 11.1 Å². The van der Waals surface area contributed by atoms with Crippen molar-refractivity contribution in [2.45, 2.75) is 34.3 Å². The maximum absolute atomic E-state index is 14.5. The third kappa shape index (κ3) is 5.99. The molecule has 0 aliphatic heterocycles. The van der Waals surface area contributed by atoms with Gasteiger partial charge in [-0.3, -0.25) is 0 Å². The number of ether oxygens (including phenoxy) is 2. The van der Waals surface area contributed by atoms with Gasteiger partial charge in [0.15, 0.2) is 17.4 Å². The highest BCUT2D eigenvalue weighted by Crippen LogP contribution is 2.27. The van der Waals surface area contributed by atoms with Crippen molar-refractivity contribution < 1.29 is 23.0 Å². The average Bonchev–Trinajstić information content (AvgIpc) is 2.66. The van der Waals surface area contributed by atoms with Crippen molar-refractivity contribution in [3.8, 4) is 5.75 Å². The van der Waals surface area contributed by atoms with E-state index in [1.54, 1.807) is 19.1 Å². The van der Waals surface area contributed by atoms with Crippen molar-refractivity contribution in [1.29, 1.82) is 0 Å². The van der Waals surface area contributed by atoms with Crippen LogP contribution in [0, 0.1) is 11.6 Å². The van der Waals surface area contributed by atoms with Crippen LogP contribution in [-0.4, -0.2) is 12.6 Å². The standard InChI is InChI=1S/C19H18F2O3.C2H6/c1-3-23-19(22)13(2)11-15-9-10-16(20)18(17(15)21)24-12-14-7-5-4-6-8-14;1-2/h4-11H,3,12H2,1-2H3;1-2H3/b13-11+;. The van der Waals surface area contributed by atoms with Gasteiger partial charge in [0.1, 0.15) is 6.61 Å². The van der Waals surface area contributed by atoms with Crippen molar-refractivity contribution in [1.82, 2.24) is 0 Å². The Morgan fingerprint density at radius 1 is 1.08 bits per heavy atom. The van der Waals surface area contributed by atoms with Crippen molar-refractivity contribution in [3.05, 3.63) is 70.8 Å². The van der Waals surface area contributed by atoms with E-state index in [1.807, 2.05) is 32.0 Å². The van der Waals surface area contributed by atoms with E-state index in [2.05, 4.69) is 0 Å². The molecule has 0 radical (unpaired) electrons. The fourth-order valence-electron chi connectivity index (χ4n) is 2.06. The number of rotatable bonds is 6. The largest absolute Gasteiger partial charge is 0.483 e. The Kier molecular flexibility index (Phi) is 9.06. The van der Waals surface area contributed by atoms with Crippen LogP contribution in [0.3, 0.4) is 0 Å². The second-order valence-corrected chi connectivity index (χ2v) is 5.10. The highest BCUT2D eigenvalue weighted by molar-refractivity contribution is 5.93. The first-order valence-corrected chi connectivity index (χ1v) is 8.53. The molecule has 5 heteroatoms. The molecule has 0 amide bonds. The lowest BCUT2D eigenvalue weighted by Crippen LogP contribution is -2.05. The van der Waals surface area contributed by atoms with Gasteiger partial charge in [0.25, 0.3) is 0 Å². The quantitative estimate of drug-likeness (QED) is 0.500. The summed E-state index contributed by atoms with van der Waals surface area (Å²) in [7, 11) is 0. The van der Waals surface area contributed by atoms with E-state index in [0.29, 0.717) is 0 Å². The van der Waals surface area contributed by atoms with Crippen molar-refractivity contribution >= 4 is 12.0 Å². The third-order valence-corrected chi connectivity index (χ3v) is 3.27. The molecule has 0 atom stereocenters. The SMILES string of the molecule is CC.CCOC(=O)/C(C)=C/c1ccc(F)c(OCc2ccccc2)c1F. The number of benzene rings is 2. The van der Waals surface area contributed by atoms with E-state index in [9.17, 15) is 13.6 Å². The molecule has 0 aliphatic rings. The van der Waals surface area contributed by atoms with Gasteiger partial charge < -0.3 is 9.47 Å². The average molecular weight is 362 g/mol. The minimum absolute atomic E-state index is 0.0404. The van der Waals surface area contributed by atoms with Gasteiger partial charge in [-0.25, -0.2) is 13.6 Å². The third-order valence-electron chi connectivity index (χ3n) is 3.27. The van der Waals surface area contributed by atoms with Crippen LogP contribution in [0.1, 0.15) is 38.8 Å². The Hall–Kier alpha value is -2.69. The Bertz CT molecular complexity index is 740. The summed E-state index contributed by atoms with van der Waals surface area (Å²) in [5, 5.41) is 0. The Morgan fingerprint density at radius 3 is 2.35 bits per heavy atom. The molecule has 0 saturated heterocycles. The Labute approximate surface area is 153 Å². The zero-order chi connectivity index (χ0) is 19.5. The van der Waals surface area contributed by atoms with E-state index < -0.39 is 23.4 Å². The first kappa shape index (κ1) is 21.4. The van der Waals surface area contributed by atoms with Crippen LogP contribution < -0.4 is 4.74 Å². The lowest BCUT2D eigenvalue weighted by atomic mass is 10.1. The normalized spacial score (nSPS) is 10.6. The van der Waals surface area contributed by atoms with Crippen LogP contribution in [0.25, 0.3) is 6.08 Å². The van der Waals surface area contributed by atoms with Crippen LogP contribution in [0.4, 0.5) is 8.78 Å². The highest BCUT2D eigenvalue weighted by atomic mass is 19.1. The minimum atomic E-state index is -0.852. The monoisotopic (exact) mass is 362 g/mol. The molecule has 0 N–H and O–H groups in total. The van der Waals surface area contributed by atoms with Gasteiger partial charge in [-0.1, -0.05) is 44.2 Å². The summed E-state index contributed by atoms with van der Waals surface area (Å²) >= 11 is 0. The molecule has 26 heavy (non-hydrogen) atoms. The highest BCUT2D eigenvalue weighted by Gasteiger charge is 2.15.